The SMILES string of the molecule is CCN(CC(=O)O)C1CC(NC2CC(C)C2)C1. The smallest absolute Gasteiger partial charge is 0.317 e. The highest BCUT2D eigenvalue weighted by atomic mass is 16.4. The van der Waals surface area contributed by atoms with Gasteiger partial charge < -0.3 is 10.4 Å². The Kier molecular flexibility index (Phi) is 4.05. The van der Waals surface area contributed by atoms with Gasteiger partial charge in [0.15, 0.2) is 0 Å². The van der Waals surface area contributed by atoms with Crippen molar-refractivity contribution >= 4 is 5.97 Å². The van der Waals surface area contributed by atoms with Gasteiger partial charge in [0.1, 0.15) is 0 Å². The molecule has 4 heteroatoms. The first kappa shape index (κ1) is 12.8. The second kappa shape index (κ2) is 5.36. The molecule has 0 aromatic heterocycles. The van der Waals surface area contributed by atoms with E-state index < -0.39 is 5.97 Å². The van der Waals surface area contributed by atoms with Gasteiger partial charge in [-0.05, 0) is 38.1 Å². The number of hydrogen-bond acceptors (Lipinski definition) is 3. The molecule has 0 atom stereocenters. The highest BCUT2D eigenvalue weighted by Crippen LogP contribution is 2.31. The summed E-state index contributed by atoms with van der Waals surface area (Å²) in [6.07, 6.45) is 4.86. The lowest BCUT2D eigenvalue weighted by molar-refractivity contribution is -0.139. The van der Waals surface area contributed by atoms with E-state index in [9.17, 15) is 4.79 Å². The van der Waals surface area contributed by atoms with Crippen LogP contribution in [0.25, 0.3) is 0 Å². The zero-order valence-corrected chi connectivity index (χ0v) is 10.9. The van der Waals surface area contributed by atoms with Crippen LogP contribution < -0.4 is 5.32 Å². The maximum atomic E-state index is 10.7. The summed E-state index contributed by atoms with van der Waals surface area (Å²) in [6.45, 7) is 5.36. The van der Waals surface area contributed by atoms with Crippen molar-refractivity contribution in [3.63, 3.8) is 0 Å². The van der Waals surface area contributed by atoms with Crippen LogP contribution in [0.3, 0.4) is 0 Å². The van der Waals surface area contributed by atoms with Crippen molar-refractivity contribution in [1.29, 1.82) is 0 Å². The van der Waals surface area contributed by atoms with E-state index >= 15 is 0 Å². The molecule has 0 spiro atoms. The molecule has 0 aromatic rings. The number of carbonyl (C=O) groups is 1. The number of hydrogen-bond donors (Lipinski definition) is 2. The Hall–Kier alpha value is -0.610. The minimum atomic E-state index is -0.712. The van der Waals surface area contributed by atoms with Crippen LogP contribution in [0.4, 0.5) is 0 Å². The third kappa shape index (κ3) is 3.19. The molecule has 2 rings (SSSR count). The van der Waals surface area contributed by atoms with Crippen LogP contribution in [0, 0.1) is 5.92 Å². The molecule has 2 aliphatic carbocycles. The Bertz CT molecular complexity index is 271. The van der Waals surface area contributed by atoms with E-state index in [4.69, 9.17) is 5.11 Å². The van der Waals surface area contributed by atoms with Crippen molar-refractivity contribution in [2.45, 2.75) is 57.7 Å². The number of nitrogens with one attached hydrogen (secondary N) is 1. The van der Waals surface area contributed by atoms with Gasteiger partial charge in [-0.1, -0.05) is 13.8 Å². The Morgan fingerprint density at radius 3 is 2.35 bits per heavy atom. The van der Waals surface area contributed by atoms with Crippen LogP contribution >= 0.6 is 0 Å². The molecule has 4 nitrogen and oxygen atoms in total. The van der Waals surface area contributed by atoms with Crippen molar-refractivity contribution in [2.24, 2.45) is 5.92 Å². The first-order valence-corrected chi connectivity index (χ1v) is 6.80. The number of nitrogens with zero attached hydrogens (tertiary/aromatic N) is 1. The molecule has 0 aliphatic heterocycles. The molecule has 0 heterocycles. The van der Waals surface area contributed by atoms with E-state index in [-0.39, 0.29) is 6.54 Å². The molecule has 2 saturated carbocycles. The molecule has 0 saturated heterocycles. The minimum absolute atomic E-state index is 0.189. The Balaban J connectivity index is 1.65. The molecule has 2 fully saturated rings. The van der Waals surface area contributed by atoms with E-state index in [1.54, 1.807) is 0 Å². The molecular formula is C13H24N2O2. The van der Waals surface area contributed by atoms with Crippen molar-refractivity contribution < 1.29 is 9.90 Å². The van der Waals surface area contributed by atoms with E-state index in [0.717, 1.165) is 31.3 Å². The normalized spacial score (nSPS) is 36.4. The third-order valence-electron chi connectivity index (χ3n) is 4.22. The van der Waals surface area contributed by atoms with Crippen molar-refractivity contribution in [3.8, 4) is 0 Å². The van der Waals surface area contributed by atoms with E-state index in [2.05, 4.69) is 17.1 Å². The molecule has 0 unspecified atom stereocenters. The lowest BCUT2D eigenvalue weighted by Crippen LogP contribution is -2.57. The van der Waals surface area contributed by atoms with Crippen molar-refractivity contribution in [2.75, 3.05) is 13.1 Å². The Labute approximate surface area is 103 Å². The summed E-state index contributed by atoms with van der Waals surface area (Å²) in [4.78, 5) is 12.8. The highest BCUT2D eigenvalue weighted by molar-refractivity contribution is 5.69. The predicted molar refractivity (Wildman–Crippen MR) is 67.0 cm³/mol. The van der Waals surface area contributed by atoms with Gasteiger partial charge in [0.2, 0.25) is 0 Å². The fraction of sp³-hybridized carbons (Fsp3) is 0.923. The summed E-state index contributed by atoms with van der Waals surface area (Å²) >= 11 is 0. The monoisotopic (exact) mass is 240 g/mol. The van der Waals surface area contributed by atoms with Crippen LogP contribution in [-0.2, 0) is 4.79 Å². The molecule has 2 N–H and O–H groups in total. The zero-order chi connectivity index (χ0) is 12.4. The number of carboxylic acids is 1. The van der Waals surface area contributed by atoms with Crippen LogP contribution in [0.2, 0.25) is 0 Å². The molecule has 0 bridgehead atoms. The summed E-state index contributed by atoms with van der Waals surface area (Å²) in [5.41, 5.74) is 0. The Morgan fingerprint density at radius 2 is 1.88 bits per heavy atom. The quantitative estimate of drug-likeness (QED) is 0.735. The third-order valence-corrected chi connectivity index (χ3v) is 4.22. The number of likely N-dealkylation sites (N-methyl/N-ethyl adjacent to an activating group) is 1. The summed E-state index contributed by atoms with van der Waals surface area (Å²) in [5, 5.41) is 12.5. The van der Waals surface area contributed by atoms with Crippen molar-refractivity contribution in [1.82, 2.24) is 10.2 Å². The van der Waals surface area contributed by atoms with Gasteiger partial charge in [0.25, 0.3) is 0 Å². The number of carboxylic acid groups (broad SMARTS) is 1. The molecule has 98 valence electrons. The van der Waals surface area contributed by atoms with E-state index in [0.29, 0.717) is 12.1 Å². The Morgan fingerprint density at radius 1 is 1.29 bits per heavy atom. The second-order valence-electron chi connectivity index (χ2n) is 5.72. The maximum Gasteiger partial charge on any atom is 0.317 e. The lowest BCUT2D eigenvalue weighted by atomic mass is 9.78. The molecule has 0 radical (unpaired) electrons. The molecular weight excluding hydrogens is 216 g/mol. The minimum Gasteiger partial charge on any atom is -0.480 e. The van der Waals surface area contributed by atoms with Gasteiger partial charge in [0, 0.05) is 18.1 Å². The van der Waals surface area contributed by atoms with Gasteiger partial charge in [-0.15, -0.1) is 0 Å². The zero-order valence-electron chi connectivity index (χ0n) is 10.9. The first-order chi connectivity index (χ1) is 8.08. The van der Waals surface area contributed by atoms with Gasteiger partial charge in [-0.25, -0.2) is 0 Å². The average Bonchev–Trinajstić information content (AvgIpc) is 2.16. The van der Waals surface area contributed by atoms with Gasteiger partial charge in [-0.3, -0.25) is 9.69 Å². The van der Waals surface area contributed by atoms with Crippen LogP contribution in [0.15, 0.2) is 0 Å². The van der Waals surface area contributed by atoms with E-state index in [1.165, 1.54) is 12.8 Å². The van der Waals surface area contributed by atoms with Crippen LogP contribution in [0.1, 0.15) is 39.5 Å². The molecule has 0 aromatic carbocycles. The van der Waals surface area contributed by atoms with Gasteiger partial charge in [-0.2, -0.15) is 0 Å². The lowest BCUT2D eigenvalue weighted by Gasteiger charge is -2.46. The highest BCUT2D eigenvalue weighted by Gasteiger charge is 2.36. The molecule has 17 heavy (non-hydrogen) atoms. The summed E-state index contributed by atoms with van der Waals surface area (Å²) in [6, 6.07) is 1.83. The number of rotatable bonds is 6. The molecule has 0 amide bonds. The topological polar surface area (TPSA) is 52.6 Å². The summed E-state index contributed by atoms with van der Waals surface area (Å²) < 4.78 is 0. The predicted octanol–water partition coefficient (Wildman–Crippen LogP) is 1.31. The fourth-order valence-electron chi connectivity index (χ4n) is 3.07. The van der Waals surface area contributed by atoms with Crippen LogP contribution in [-0.4, -0.2) is 47.2 Å². The second-order valence-corrected chi connectivity index (χ2v) is 5.72. The van der Waals surface area contributed by atoms with Gasteiger partial charge >= 0.3 is 5.97 Å². The summed E-state index contributed by atoms with van der Waals surface area (Å²) in [5.74, 6) is 0.179. The standard InChI is InChI=1S/C13H24N2O2/c1-3-15(8-13(16)17)12-6-11(7-12)14-10-4-9(2)5-10/h9-12,14H,3-8H2,1-2H3,(H,16,17). The fourth-order valence-corrected chi connectivity index (χ4v) is 3.07. The van der Waals surface area contributed by atoms with Gasteiger partial charge in [0.05, 0.1) is 6.54 Å². The average molecular weight is 240 g/mol. The largest absolute Gasteiger partial charge is 0.480 e. The van der Waals surface area contributed by atoms with E-state index in [1.807, 2.05) is 6.92 Å². The molecule has 2 aliphatic rings. The first-order valence-electron chi connectivity index (χ1n) is 6.80. The van der Waals surface area contributed by atoms with Crippen LogP contribution in [0.5, 0.6) is 0 Å². The number of aliphatic carboxylic acids is 1. The van der Waals surface area contributed by atoms with Crippen molar-refractivity contribution in [3.05, 3.63) is 0 Å². The summed E-state index contributed by atoms with van der Waals surface area (Å²) in [7, 11) is 0. The maximum absolute atomic E-state index is 10.7.